The van der Waals surface area contributed by atoms with E-state index >= 15 is 0 Å². The van der Waals surface area contributed by atoms with Crippen LogP contribution in [0.3, 0.4) is 0 Å². The SMILES string of the molecule is CSc1ccc(CNCCCc2nc3ccccc3[nH]2)cc1. The molecule has 2 N–H and O–H groups in total. The highest BCUT2D eigenvalue weighted by molar-refractivity contribution is 7.98. The van der Waals surface area contributed by atoms with Gasteiger partial charge < -0.3 is 10.3 Å². The zero-order chi connectivity index (χ0) is 15.2. The molecule has 0 spiro atoms. The Kier molecular flexibility index (Phi) is 5.14. The van der Waals surface area contributed by atoms with Gasteiger partial charge in [0.25, 0.3) is 0 Å². The fourth-order valence-electron chi connectivity index (χ4n) is 2.48. The first kappa shape index (κ1) is 15.1. The van der Waals surface area contributed by atoms with Crippen molar-refractivity contribution in [3.05, 3.63) is 59.9 Å². The molecule has 0 bridgehead atoms. The molecule has 0 amide bonds. The average Bonchev–Trinajstić information content (AvgIpc) is 2.98. The molecule has 0 aliphatic carbocycles. The van der Waals surface area contributed by atoms with Gasteiger partial charge in [-0.2, -0.15) is 0 Å². The summed E-state index contributed by atoms with van der Waals surface area (Å²) in [6.45, 7) is 1.93. The lowest BCUT2D eigenvalue weighted by atomic mass is 10.2. The molecule has 0 unspecified atom stereocenters. The molecule has 1 aromatic heterocycles. The maximum atomic E-state index is 4.60. The van der Waals surface area contributed by atoms with Gasteiger partial charge in [0.15, 0.2) is 0 Å². The molecule has 0 saturated heterocycles. The van der Waals surface area contributed by atoms with E-state index < -0.39 is 0 Å². The van der Waals surface area contributed by atoms with Gasteiger partial charge in [-0.1, -0.05) is 24.3 Å². The zero-order valence-electron chi connectivity index (χ0n) is 12.8. The van der Waals surface area contributed by atoms with E-state index in [0.29, 0.717) is 0 Å². The van der Waals surface area contributed by atoms with Crippen molar-refractivity contribution in [2.24, 2.45) is 0 Å². The predicted octanol–water partition coefficient (Wildman–Crippen LogP) is 4.01. The monoisotopic (exact) mass is 311 g/mol. The van der Waals surface area contributed by atoms with Crippen LogP contribution >= 0.6 is 11.8 Å². The van der Waals surface area contributed by atoms with Gasteiger partial charge in [-0.15, -0.1) is 11.8 Å². The maximum absolute atomic E-state index is 4.60. The molecule has 3 aromatic rings. The summed E-state index contributed by atoms with van der Waals surface area (Å²) in [5, 5.41) is 3.49. The first-order chi connectivity index (χ1) is 10.8. The minimum Gasteiger partial charge on any atom is -0.342 e. The van der Waals surface area contributed by atoms with Crippen LogP contribution in [-0.4, -0.2) is 22.8 Å². The lowest BCUT2D eigenvalue weighted by molar-refractivity contribution is 0.641. The number of para-hydroxylation sites is 2. The Hall–Kier alpha value is -1.78. The van der Waals surface area contributed by atoms with Crippen molar-refractivity contribution < 1.29 is 0 Å². The lowest BCUT2D eigenvalue weighted by Gasteiger charge is -2.05. The molecule has 0 fully saturated rings. The van der Waals surface area contributed by atoms with Crippen molar-refractivity contribution in [3.63, 3.8) is 0 Å². The Morgan fingerprint density at radius 2 is 1.91 bits per heavy atom. The minimum atomic E-state index is 0.925. The number of fused-ring (bicyclic) bond motifs is 1. The molecule has 0 saturated carbocycles. The van der Waals surface area contributed by atoms with Crippen LogP contribution in [0.4, 0.5) is 0 Å². The van der Waals surface area contributed by atoms with Crippen molar-refractivity contribution in [2.75, 3.05) is 12.8 Å². The maximum Gasteiger partial charge on any atom is 0.107 e. The van der Waals surface area contributed by atoms with E-state index in [1.807, 2.05) is 18.2 Å². The molecule has 0 radical (unpaired) electrons. The summed E-state index contributed by atoms with van der Waals surface area (Å²) in [6.07, 6.45) is 4.17. The fraction of sp³-hybridized carbons (Fsp3) is 0.278. The molecule has 0 aliphatic rings. The first-order valence-electron chi connectivity index (χ1n) is 7.62. The Morgan fingerprint density at radius 1 is 1.09 bits per heavy atom. The van der Waals surface area contributed by atoms with E-state index in [0.717, 1.165) is 42.8 Å². The number of nitrogens with zero attached hydrogens (tertiary/aromatic N) is 1. The Labute approximate surface area is 135 Å². The lowest BCUT2D eigenvalue weighted by Crippen LogP contribution is -2.15. The van der Waals surface area contributed by atoms with Gasteiger partial charge in [-0.3, -0.25) is 0 Å². The number of aryl methyl sites for hydroxylation is 1. The third-order valence-electron chi connectivity index (χ3n) is 3.69. The van der Waals surface area contributed by atoms with E-state index in [1.54, 1.807) is 11.8 Å². The zero-order valence-corrected chi connectivity index (χ0v) is 13.6. The topological polar surface area (TPSA) is 40.7 Å². The van der Waals surface area contributed by atoms with Crippen molar-refractivity contribution in [3.8, 4) is 0 Å². The molecule has 2 aromatic carbocycles. The van der Waals surface area contributed by atoms with Crippen LogP contribution in [0.1, 0.15) is 17.8 Å². The highest BCUT2D eigenvalue weighted by Gasteiger charge is 2.01. The number of nitrogens with one attached hydrogen (secondary N) is 2. The number of H-pyrrole nitrogens is 1. The summed E-state index contributed by atoms with van der Waals surface area (Å²) in [6, 6.07) is 16.9. The van der Waals surface area contributed by atoms with Crippen LogP contribution in [0.25, 0.3) is 11.0 Å². The quantitative estimate of drug-likeness (QED) is 0.512. The molecule has 22 heavy (non-hydrogen) atoms. The smallest absolute Gasteiger partial charge is 0.107 e. The molecule has 0 aliphatic heterocycles. The second-order valence-corrected chi connectivity index (χ2v) is 6.21. The number of rotatable bonds is 7. The van der Waals surface area contributed by atoms with Crippen molar-refractivity contribution in [1.29, 1.82) is 0 Å². The van der Waals surface area contributed by atoms with Gasteiger partial charge in [0.2, 0.25) is 0 Å². The number of thioether (sulfide) groups is 1. The largest absolute Gasteiger partial charge is 0.342 e. The summed E-state index contributed by atoms with van der Waals surface area (Å²) in [5.74, 6) is 1.08. The van der Waals surface area contributed by atoms with E-state index in [-0.39, 0.29) is 0 Å². The predicted molar refractivity (Wildman–Crippen MR) is 94.3 cm³/mol. The second-order valence-electron chi connectivity index (χ2n) is 5.33. The van der Waals surface area contributed by atoms with E-state index in [9.17, 15) is 0 Å². The average molecular weight is 311 g/mol. The van der Waals surface area contributed by atoms with Crippen molar-refractivity contribution in [1.82, 2.24) is 15.3 Å². The third-order valence-corrected chi connectivity index (χ3v) is 4.44. The van der Waals surface area contributed by atoms with E-state index in [2.05, 4.69) is 51.9 Å². The molecule has 0 atom stereocenters. The number of imidazole rings is 1. The fourth-order valence-corrected chi connectivity index (χ4v) is 2.89. The Balaban J connectivity index is 1.41. The van der Waals surface area contributed by atoms with Crippen LogP contribution in [0, 0.1) is 0 Å². The number of aromatic amines is 1. The first-order valence-corrected chi connectivity index (χ1v) is 8.85. The molecular formula is C18H21N3S. The van der Waals surface area contributed by atoms with Crippen LogP contribution in [0.15, 0.2) is 53.4 Å². The Bertz CT molecular complexity index is 686. The summed E-state index contributed by atoms with van der Waals surface area (Å²) in [7, 11) is 0. The van der Waals surface area contributed by atoms with Crippen molar-refractivity contribution >= 4 is 22.8 Å². The van der Waals surface area contributed by atoms with Crippen LogP contribution in [-0.2, 0) is 13.0 Å². The number of hydrogen-bond acceptors (Lipinski definition) is 3. The molecule has 3 nitrogen and oxygen atoms in total. The normalized spacial score (nSPS) is 11.1. The summed E-state index contributed by atoms with van der Waals surface area (Å²) in [5.41, 5.74) is 3.51. The summed E-state index contributed by atoms with van der Waals surface area (Å²) >= 11 is 1.78. The molecule has 1 heterocycles. The molecule has 114 valence electrons. The second kappa shape index (κ2) is 7.47. The van der Waals surface area contributed by atoms with Crippen LogP contribution in [0.5, 0.6) is 0 Å². The van der Waals surface area contributed by atoms with Crippen molar-refractivity contribution in [2.45, 2.75) is 24.3 Å². The van der Waals surface area contributed by atoms with Gasteiger partial charge in [0, 0.05) is 17.9 Å². The summed E-state index contributed by atoms with van der Waals surface area (Å²) in [4.78, 5) is 9.29. The third kappa shape index (κ3) is 3.90. The van der Waals surface area contributed by atoms with Crippen LogP contribution in [0.2, 0.25) is 0 Å². The van der Waals surface area contributed by atoms with Gasteiger partial charge in [0.1, 0.15) is 5.82 Å². The van der Waals surface area contributed by atoms with E-state index in [1.165, 1.54) is 10.5 Å². The van der Waals surface area contributed by atoms with Crippen LogP contribution < -0.4 is 5.32 Å². The van der Waals surface area contributed by atoms with E-state index in [4.69, 9.17) is 0 Å². The van der Waals surface area contributed by atoms with Gasteiger partial charge in [-0.25, -0.2) is 4.98 Å². The minimum absolute atomic E-state index is 0.925. The number of benzene rings is 2. The van der Waals surface area contributed by atoms with Gasteiger partial charge in [0.05, 0.1) is 11.0 Å². The van der Waals surface area contributed by atoms with Gasteiger partial charge in [-0.05, 0) is 49.1 Å². The molecular weight excluding hydrogens is 290 g/mol. The summed E-state index contributed by atoms with van der Waals surface area (Å²) < 4.78 is 0. The standard InChI is InChI=1S/C18H21N3S/c1-22-15-10-8-14(9-11-15)13-19-12-4-7-18-20-16-5-2-3-6-17(16)21-18/h2-3,5-6,8-11,19H,4,7,12-13H2,1H3,(H,20,21). The molecule has 3 rings (SSSR count). The number of hydrogen-bond donors (Lipinski definition) is 2. The number of aromatic nitrogens is 2. The highest BCUT2D eigenvalue weighted by Crippen LogP contribution is 2.14. The molecule has 4 heteroatoms. The highest BCUT2D eigenvalue weighted by atomic mass is 32.2. The Morgan fingerprint density at radius 3 is 2.68 bits per heavy atom. The van der Waals surface area contributed by atoms with Gasteiger partial charge >= 0.3 is 0 Å².